The molecule has 0 bridgehead atoms. The van der Waals surface area contributed by atoms with E-state index in [2.05, 4.69) is 41.4 Å². The molecular weight excluding hydrogens is 280 g/mol. The van der Waals surface area contributed by atoms with Crippen molar-refractivity contribution in [1.82, 2.24) is 10.2 Å². The van der Waals surface area contributed by atoms with Crippen molar-refractivity contribution < 1.29 is 4.79 Å². The maximum absolute atomic E-state index is 12.8. The van der Waals surface area contributed by atoms with E-state index in [1.54, 1.807) is 0 Å². The minimum atomic E-state index is -0.00483. The third-order valence-corrected chi connectivity index (χ3v) is 5.52. The van der Waals surface area contributed by atoms with Crippen LogP contribution in [0.3, 0.4) is 0 Å². The highest BCUT2D eigenvalue weighted by Crippen LogP contribution is 2.33. The fourth-order valence-corrected chi connectivity index (χ4v) is 4.47. The number of nitrogens with one attached hydrogen (secondary N) is 1. The van der Waals surface area contributed by atoms with Crippen molar-refractivity contribution in [3.05, 3.63) is 35.9 Å². The molecule has 4 heteroatoms. The number of amides is 1. The number of hydrogen-bond acceptors (Lipinski definition) is 3. The summed E-state index contributed by atoms with van der Waals surface area (Å²) < 4.78 is 0. The molecule has 0 aromatic heterocycles. The summed E-state index contributed by atoms with van der Waals surface area (Å²) >= 11 is 2.01. The Morgan fingerprint density at radius 2 is 1.95 bits per heavy atom. The van der Waals surface area contributed by atoms with Crippen molar-refractivity contribution in [3.63, 3.8) is 0 Å². The van der Waals surface area contributed by atoms with Gasteiger partial charge >= 0.3 is 0 Å². The molecule has 3 rings (SSSR count). The van der Waals surface area contributed by atoms with E-state index in [0.29, 0.717) is 11.9 Å². The van der Waals surface area contributed by atoms with Crippen molar-refractivity contribution in [3.8, 4) is 0 Å². The molecule has 1 aromatic rings. The van der Waals surface area contributed by atoms with Crippen molar-refractivity contribution in [2.24, 2.45) is 0 Å². The van der Waals surface area contributed by atoms with Gasteiger partial charge in [-0.25, -0.2) is 0 Å². The van der Waals surface area contributed by atoms with Gasteiger partial charge in [0.25, 0.3) is 0 Å². The second kappa shape index (κ2) is 6.84. The molecule has 2 saturated heterocycles. The fraction of sp³-hybridized carbons (Fsp3) is 0.588. The van der Waals surface area contributed by atoms with Crippen LogP contribution in [0.5, 0.6) is 0 Å². The molecule has 2 aliphatic heterocycles. The number of benzene rings is 1. The van der Waals surface area contributed by atoms with E-state index in [1.807, 2.05) is 17.8 Å². The average Bonchev–Trinajstić information content (AvgIpc) is 2.86. The van der Waals surface area contributed by atoms with Gasteiger partial charge in [0.15, 0.2) is 0 Å². The minimum absolute atomic E-state index is 0.00483. The smallest absolute Gasteiger partial charge is 0.241 e. The van der Waals surface area contributed by atoms with E-state index < -0.39 is 0 Å². The molecule has 2 unspecified atom stereocenters. The molecule has 1 amide bonds. The first-order chi connectivity index (χ1) is 10.3. The molecule has 2 fully saturated rings. The van der Waals surface area contributed by atoms with Crippen LogP contribution < -0.4 is 5.32 Å². The van der Waals surface area contributed by atoms with Gasteiger partial charge in [-0.2, -0.15) is 11.8 Å². The van der Waals surface area contributed by atoms with Crippen LogP contribution >= 0.6 is 11.8 Å². The molecular formula is C17H24N2OS. The number of carbonyl (C=O) groups excluding carboxylic acids is 1. The third kappa shape index (κ3) is 3.11. The van der Waals surface area contributed by atoms with E-state index in [1.165, 1.54) is 17.1 Å². The highest BCUT2D eigenvalue weighted by Gasteiger charge is 2.42. The molecule has 21 heavy (non-hydrogen) atoms. The summed E-state index contributed by atoms with van der Waals surface area (Å²) in [6.45, 7) is 2.15. The molecule has 2 heterocycles. The van der Waals surface area contributed by atoms with E-state index >= 15 is 0 Å². The molecule has 1 aromatic carbocycles. The second-order valence-corrected chi connectivity index (χ2v) is 7.13. The molecule has 114 valence electrons. The zero-order chi connectivity index (χ0) is 14.7. The van der Waals surface area contributed by atoms with Gasteiger partial charge in [-0.3, -0.25) is 10.1 Å². The molecule has 3 nitrogen and oxygen atoms in total. The Balaban J connectivity index is 1.85. The van der Waals surface area contributed by atoms with Crippen molar-refractivity contribution in [1.29, 1.82) is 0 Å². The highest BCUT2D eigenvalue weighted by atomic mass is 32.2. The van der Waals surface area contributed by atoms with Crippen LogP contribution in [0.1, 0.15) is 44.3 Å². The predicted octanol–water partition coefficient (Wildman–Crippen LogP) is 3.18. The molecule has 0 saturated carbocycles. The SMILES string of the molecule is CCCC1NC(c2ccccc2)N(C2CCSCC2)C1=O. The van der Waals surface area contributed by atoms with Gasteiger partial charge in [-0.1, -0.05) is 43.7 Å². The van der Waals surface area contributed by atoms with Crippen LogP contribution in [-0.2, 0) is 4.79 Å². The number of thioether (sulfide) groups is 1. The molecule has 0 radical (unpaired) electrons. The largest absolute Gasteiger partial charge is 0.319 e. The van der Waals surface area contributed by atoms with Crippen LogP contribution in [0.4, 0.5) is 0 Å². The topological polar surface area (TPSA) is 32.3 Å². The van der Waals surface area contributed by atoms with Crippen LogP contribution in [0.2, 0.25) is 0 Å². The maximum atomic E-state index is 12.8. The summed E-state index contributed by atoms with van der Waals surface area (Å²) in [5.74, 6) is 2.66. The maximum Gasteiger partial charge on any atom is 0.241 e. The Morgan fingerprint density at radius 3 is 2.62 bits per heavy atom. The Morgan fingerprint density at radius 1 is 1.24 bits per heavy atom. The zero-order valence-electron chi connectivity index (χ0n) is 12.6. The summed E-state index contributed by atoms with van der Waals surface area (Å²) in [6, 6.07) is 10.8. The fourth-order valence-electron chi connectivity index (χ4n) is 3.39. The van der Waals surface area contributed by atoms with Crippen molar-refractivity contribution in [2.45, 2.75) is 50.9 Å². The van der Waals surface area contributed by atoms with Crippen molar-refractivity contribution >= 4 is 17.7 Å². The quantitative estimate of drug-likeness (QED) is 0.927. The van der Waals surface area contributed by atoms with Crippen LogP contribution in [0.15, 0.2) is 30.3 Å². The van der Waals surface area contributed by atoms with E-state index in [9.17, 15) is 4.79 Å². The Labute approximate surface area is 131 Å². The average molecular weight is 304 g/mol. The van der Waals surface area contributed by atoms with Crippen LogP contribution in [-0.4, -0.2) is 34.4 Å². The third-order valence-electron chi connectivity index (χ3n) is 4.47. The van der Waals surface area contributed by atoms with Crippen molar-refractivity contribution in [2.75, 3.05) is 11.5 Å². The summed E-state index contributed by atoms with van der Waals surface area (Å²) in [5, 5.41) is 3.57. The first-order valence-corrected chi connectivity index (χ1v) is 9.17. The number of rotatable bonds is 4. The van der Waals surface area contributed by atoms with E-state index in [4.69, 9.17) is 0 Å². The predicted molar refractivity (Wildman–Crippen MR) is 88.2 cm³/mol. The summed E-state index contributed by atoms with van der Waals surface area (Å²) in [5.41, 5.74) is 1.21. The van der Waals surface area contributed by atoms with Gasteiger partial charge in [0.1, 0.15) is 6.17 Å². The zero-order valence-corrected chi connectivity index (χ0v) is 13.4. The first kappa shape index (κ1) is 14.9. The molecule has 1 N–H and O–H groups in total. The molecule has 0 aliphatic carbocycles. The summed E-state index contributed by atoms with van der Waals surface area (Å²) in [6.07, 6.45) is 4.28. The van der Waals surface area contributed by atoms with Gasteiger partial charge in [-0.15, -0.1) is 0 Å². The highest BCUT2D eigenvalue weighted by molar-refractivity contribution is 7.99. The molecule has 2 atom stereocenters. The molecule has 2 aliphatic rings. The normalized spacial score (nSPS) is 27.3. The van der Waals surface area contributed by atoms with E-state index in [-0.39, 0.29) is 12.2 Å². The minimum Gasteiger partial charge on any atom is -0.319 e. The number of nitrogens with zero attached hydrogens (tertiary/aromatic N) is 1. The number of hydrogen-bond donors (Lipinski definition) is 1. The monoisotopic (exact) mass is 304 g/mol. The van der Waals surface area contributed by atoms with Gasteiger partial charge in [-0.05, 0) is 36.3 Å². The lowest BCUT2D eigenvalue weighted by Gasteiger charge is -2.35. The van der Waals surface area contributed by atoms with Crippen LogP contribution in [0, 0.1) is 0 Å². The Bertz CT molecular complexity index is 473. The Kier molecular flexibility index (Phi) is 4.86. The summed E-state index contributed by atoms with van der Waals surface area (Å²) in [4.78, 5) is 15.0. The Hall–Kier alpha value is -1.00. The van der Waals surface area contributed by atoms with Gasteiger partial charge in [0.2, 0.25) is 5.91 Å². The van der Waals surface area contributed by atoms with E-state index in [0.717, 1.165) is 25.7 Å². The standard InChI is InChI=1S/C17H24N2OS/c1-2-6-15-17(20)19(14-9-11-21-12-10-14)16(18-15)13-7-4-3-5-8-13/h3-5,7-8,14-16,18H,2,6,9-12H2,1H3. The second-order valence-electron chi connectivity index (χ2n) is 5.91. The van der Waals surface area contributed by atoms with Gasteiger partial charge in [0.05, 0.1) is 6.04 Å². The van der Waals surface area contributed by atoms with Gasteiger partial charge < -0.3 is 4.90 Å². The lowest BCUT2D eigenvalue weighted by Crippen LogP contribution is -2.42. The number of carbonyl (C=O) groups is 1. The lowest BCUT2D eigenvalue weighted by molar-refractivity contribution is -0.132. The van der Waals surface area contributed by atoms with Crippen LogP contribution in [0.25, 0.3) is 0 Å². The lowest BCUT2D eigenvalue weighted by atomic mass is 10.1. The summed E-state index contributed by atoms with van der Waals surface area (Å²) in [7, 11) is 0. The molecule has 0 spiro atoms. The van der Waals surface area contributed by atoms with Gasteiger partial charge in [0, 0.05) is 6.04 Å². The first-order valence-electron chi connectivity index (χ1n) is 8.02.